The molecule has 3 heteroatoms. The van der Waals surface area contributed by atoms with Crippen molar-refractivity contribution in [2.45, 2.75) is 25.3 Å². The minimum atomic E-state index is -1.13. The van der Waals surface area contributed by atoms with Crippen LogP contribution in [-0.2, 0) is 5.54 Å². The molecule has 0 aliphatic rings. The lowest BCUT2D eigenvalue weighted by molar-refractivity contribution is 0.425. The molecule has 2 aromatic carbocycles. The molecule has 0 spiro atoms. The van der Waals surface area contributed by atoms with Gasteiger partial charge in [-0.3, -0.25) is 0 Å². The Bertz CT molecular complexity index is 534. The summed E-state index contributed by atoms with van der Waals surface area (Å²) in [6.45, 7) is 1.95. The SMILES string of the molecule is CCCC(N)(c1ccccc1)c1c(F)cccc1F. The largest absolute Gasteiger partial charge is 0.318 e. The second-order valence-electron chi connectivity index (χ2n) is 4.68. The lowest BCUT2D eigenvalue weighted by Crippen LogP contribution is -2.39. The van der Waals surface area contributed by atoms with Gasteiger partial charge in [-0.1, -0.05) is 49.7 Å². The highest BCUT2D eigenvalue weighted by Gasteiger charge is 2.34. The standard InChI is InChI=1S/C16H17F2N/c1-2-11-16(19,12-7-4-3-5-8-12)15-13(17)9-6-10-14(15)18/h3-10H,2,11,19H2,1H3. The zero-order valence-electron chi connectivity index (χ0n) is 10.9. The highest BCUT2D eigenvalue weighted by atomic mass is 19.1. The van der Waals surface area contributed by atoms with Gasteiger partial charge in [0.1, 0.15) is 11.6 Å². The van der Waals surface area contributed by atoms with Crippen LogP contribution in [0.25, 0.3) is 0 Å². The molecule has 1 nitrogen and oxygen atoms in total. The average Bonchev–Trinajstić information content (AvgIpc) is 2.40. The molecule has 0 saturated carbocycles. The van der Waals surface area contributed by atoms with E-state index in [1.165, 1.54) is 18.2 Å². The van der Waals surface area contributed by atoms with Crippen LogP contribution in [0.1, 0.15) is 30.9 Å². The molecule has 0 saturated heterocycles. The number of hydrogen-bond donors (Lipinski definition) is 1. The molecule has 0 aliphatic heterocycles. The van der Waals surface area contributed by atoms with E-state index in [0.717, 1.165) is 12.0 Å². The van der Waals surface area contributed by atoms with Gasteiger partial charge in [0, 0.05) is 5.56 Å². The Balaban J connectivity index is 2.63. The molecule has 1 atom stereocenters. The molecule has 1 unspecified atom stereocenters. The molecule has 2 N–H and O–H groups in total. The van der Waals surface area contributed by atoms with Crippen LogP contribution in [-0.4, -0.2) is 0 Å². The topological polar surface area (TPSA) is 26.0 Å². The van der Waals surface area contributed by atoms with Crippen LogP contribution in [0.5, 0.6) is 0 Å². The predicted molar refractivity (Wildman–Crippen MR) is 72.7 cm³/mol. The van der Waals surface area contributed by atoms with Crippen LogP contribution in [0.3, 0.4) is 0 Å². The lowest BCUT2D eigenvalue weighted by atomic mass is 9.79. The fourth-order valence-corrected chi connectivity index (χ4v) is 2.47. The summed E-state index contributed by atoms with van der Waals surface area (Å²) < 4.78 is 28.1. The molecule has 0 amide bonds. The Kier molecular flexibility index (Phi) is 3.96. The van der Waals surface area contributed by atoms with Gasteiger partial charge in [-0.05, 0) is 24.1 Å². The van der Waals surface area contributed by atoms with Gasteiger partial charge in [0.05, 0.1) is 5.54 Å². The van der Waals surface area contributed by atoms with Crippen molar-refractivity contribution >= 4 is 0 Å². The average molecular weight is 261 g/mol. The molecule has 0 aromatic heterocycles. The van der Waals surface area contributed by atoms with E-state index < -0.39 is 17.2 Å². The molecule has 0 heterocycles. The maximum Gasteiger partial charge on any atom is 0.131 e. The number of benzene rings is 2. The Labute approximate surface area is 112 Å². The molecule has 0 aliphatic carbocycles. The van der Waals surface area contributed by atoms with Gasteiger partial charge < -0.3 is 5.73 Å². The molecular formula is C16H17F2N. The zero-order chi connectivity index (χ0) is 13.9. The van der Waals surface area contributed by atoms with Crippen molar-refractivity contribution in [2.75, 3.05) is 0 Å². The van der Waals surface area contributed by atoms with Crippen molar-refractivity contribution in [1.29, 1.82) is 0 Å². The highest BCUT2D eigenvalue weighted by Crippen LogP contribution is 2.34. The van der Waals surface area contributed by atoms with E-state index in [0.29, 0.717) is 6.42 Å². The Morgan fingerprint density at radius 3 is 2.05 bits per heavy atom. The fourth-order valence-electron chi connectivity index (χ4n) is 2.47. The summed E-state index contributed by atoms with van der Waals surface area (Å²) >= 11 is 0. The molecule has 0 radical (unpaired) electrons. The first-order chi connectivity index (χ1) is 9.09. The minimum Gasteiger partial charge on any atom is -0.318 e. The van der Waals surface area contributed by atoms with Crippen LogP contribution < -0.4 is 5.73 Å². The molecule has 0 fully saturated rings. The van der Waals surface area contributed by atoms with Crippen LogP contribution >= 0.6 is 0 Å². The molecule has 0 bridgehead atoms. The van der Waals surface area contributed by atoms with Crippen molar-refractivity contribution in [2.24, 2.45) is 5.73 Å². The third-order valence-corrected chi connectivity index (χ3v) is 3.34. The van der Waals surface area contributed by atoms with Gasteiger partial charge in [0.15, 0.2) is 0 Å². The first kappa shape index (κ1) is 13.7. The second-order valence-corrected chi connectivity index (χ2v) is 4.68. The summed E-state index contributed by atoms with van der Waals surface area (Å²) in [7, 11) is 0. The Hall–Kier alpha value is -1.74. The minimum absolute atomic E-state index is 0.0527. The smallest absolute Gasteiger partial charge is 0.131 e. The number of hydrogen-bond acceptors (Lipinski definition) is 1. The summed E-state index contributed by atoms with van der Waals surface area (Å²) in [4.78, 5) is 0. The maximum absolute atomic E-state index is 14.0. The van der Waals surface area contributed by atoms with Crippen molar-refractivity contribution in [3.8, 4) is 0 Å². The molecule has 2 aromatic rings. The van der Waals surface area contributed by atoms with Crippen LogP contribution in [0, 0.1) is 11.6 Å². The first-order valence-corrected chi connectivity index (χ1v) is 6.38. The summed E-state index contributed by atoms with van der Waals surface area (Å²) in [5.41, 5.74) is 5.91. The number of rotatable bonds is 4. The Morgan fingerprint density at radius 1 is 0.947 bits per heavy atom. The van der Waals surface area contributed by atoms with Gasteiger partial charge in [0.25, 0.3) is 0 Å². The molecule has 2 rings (SSSR count). The monoisotopic (exact) mass is 261 g/mol. The third-order valence-electron chi connectivity index (χ3n) is 3.34. The zero-order valence-corrected chi connectivity index (χ0v) is 10.9. The summed E-state index contributed by atoms with van der Waals surface area (Å²) in [5, 5.41) is 0. The maximum atomic E-state index is 14.0. The highest BCUT2D eigenvalue weighted by molar-refractivity contribution is 5.39. The van der Waals surface area contributed by atoms with Crippen molar-refractivity contribution in [3.05, 3.63) is 71.3 Å². The lowest BCUT2D eigenvalue weighted by Gasteiger charge is -2.31. The van der Waals surface area contributed by atoms with E-state index in [2.05, 4.69) is 0 Å². The van der Waals surface area contributed by atoms with Crippen LogP contribution in [0.4, 0.5) is 8.78 Å². The summed E-state index contributed by atoms with van der Waals surface area (Å²) in [5.74, 6) is -1.19. The van der Waals surface area contributed by atoms with Crippen LogP contribution in [0.2, 0.25) is 0 Å². The fraction of sp³-hybridized carbons (Fsp3) is 0.250. The predicted octanol–water partition coefficient (Wildman–Crippen LogP) is 3.97. The van der Waals surface area contributed by atoms with E-state index in [4.69, 9.17) is 5.73 Å². The van der Waals surface area contributed by atoms with Gasteiger partial charge in [0.2, 0.25) is 0 Å². The third kappa shape index (κ3) is 2.51. The summed E-state index contributed by atoms with van der Waals surface area (Å²) in [6.07, 6.45) is 1.22. The van der Waals surface area contributed by atoms with Crippen molar-refractivity contribution < 1.29 is 8.78 Å². The molecule has 19 heavy (non-hydrogen) atoms. The van der Waals surface area contributed by atoms with E-state index in [1.54, 1.807) is 0 Å². The molecule has 100 valence electrons. The summed E-state index contributed by atoms with van der Waals surface area (Å²) in [6, 6.07) is 13.0. The van der Waals surface area contributed by atoms with Crippen LogP contribution in [0.15, 0.2) is 48.5 Å². The van der Waals surface area contributed by atoms with Gasteiger partial charge in [-0.25, -0.2) is 8.78 Å². The van der Waals surface area contributed by atoms with E-state index >= 15 is 0 Å². The van der Waals surface area contributed by atoms with E-state index in [-0.39, 0.29) is 5.56 Å². The number of nitrogens with two attached hydrogens (primary N) is 1. The second kappa shape index (κ2) is 5.49. The quantitative estimate of drug-likeness (QED) is 0.885. The van der Waals surface area contributed by atoms with Crippen molar-refractivity contribution in [1.82, 2.24) is 0 Å². The first-order valence-electron chi connectivity index (χ1n) is 6.38. The van der Waals surface area contributed by atoms with E-state index in [9.17, 15) is 8.78 Å². The normalized spacial score (nSPS) is 14.1. The molecular weight excluding hydrogens is 244 g/mol. The van der Waals surface area contributed by atoms with Crippen molar-refractivity contribution in [3.63, 3.8) is 0 Å². The van der Waals surface area contributed by atoms with Gasteiger partial charge >= 0.3 is 0 Å². The van der Waals surface area contributed by atoms with Gasteiger partial charge in [-0.2, -0.15) is 0 Å². The number of halogens is 2. The Morgan fingerprint density at radius 2 is 1.53 bits per heavy atom. The van der Waals surface area contributed by atoms with Gasteiger partial charge in [-0.15, -0.1) is 0 Å². The van der Waals surface area contributed by atoms with E-state index in [1.807, 2.05) is 37.3 Å².